The maximum Gasteiger partial charge on any atom is 0.325 e. The van der Waals surface area contributed by atoms with Gasteiger partial charge in [-0.25, -0.2) is 0 Å². The summed E-state index contributed by atoms with van der Waals surface area (Å²) in [5.41, 5.74) is -0.525. The molecule has 31 heavy (non-hydrogen) atoms. The molecular weight excluding hydrogens is 433 g/mol. The van der Waals surface area contributed by atoms with Crippen LogP contribution in [0.4, 0.5) is 0 Å². The Bertz CT molecular complexity index is 674. The zero-order valence-corrected chi connectivity index (χ0v) is 22.1. The van der Waals surface area contributed by atoms with Gasteiger partial charge in [0, 0.05) is 12.0 Å². The summed E-state index contributed by atoms with van der Waals surface area (Å²) in [6, 6.07) is -1.36. The molecule has 9 atom stereocenters. The van der Waals surface area contributed by atoms with Crippen molar-refractivity contribution in [3.63, 3.8) is 0 Å². The molecule has 10 heteroatoms. The van der Waals surface area contributed by atoms with E-state index < -0.39 is 37.0 Å². The van der Waals surface area contributed by atoms with E-state index in [1.165, 1.54) is 0 Å². The predicted octanol–water partition coefficient (Wildman–Crippen LogP) is 3.12. The Hall–Kier alpha value is 0.540. The molecule has 3 unspecified atom stereocenters. The first-order valence-electron chi connectivity index (χ1n) is 10.9. The summed E-state index contributed by atoms with van der Waals surface area (Å²) < 4.78 is 23.0. The van der Waals surface area contributed by atoms with Gasteiger partial charge in [-0.15, -0.1) is 0 Å². The van der Waals surface area contributed by atoms with Crippen molar-refractivity contribution in [2.75, 3.05) is 6.61 Å². The normalized spacial score (nSPS) is 39.6. The highest BCUT2D eigenvalue weighted by Gasteiger charge is 2.52. The smallest absolute Gasteiger partial charge is 0.325 e. The summed E-state index contributed by atoms with van der Waals surface area (Å²) in [6.45, 7) is 15.0. The van der Waals surface area contributed by atoms with E-state index in [0.717, 1.165) is 0 Å². The van der Waals surface area contributed by atoms with Crippen LogP contribution < -0.4 is 0 Å². The quantitative estimate of drug-likeness (QED) is 0.471. The van der Waals surface area contributed by atoms with E-state index in [2.05, 4.69) is 41.5 Å². The molecule has 0 aromatic carbocycles. The number of aliphatic hydroxyl groups excluding tert-OH is 1. The van der Waals surface area contributed by atoms with Gasteiger partial charge in [0.25, 0.3) is 0 Å². The fourth-order valence-corrected chi connectivity index (χ4v) is 6.39. The fourth-order valence-electron chi connectivity index (χ4n) is 4.96. The molecule has 2 aliphatic rings. The van der Waals surface area contributed by atoms with Gasteiger partial charge >= 0.3 is 6.72 Å². The summed E-state index contributed by atoms with van der Waals surface area (Å²) in [7, 11) is 12.4. The highest BCUT2D eigenvalue weighted by molar-refractivity contribution is 8.07. The van der Waals surface area contributed by atoms with Gasteiger partial charge in [0.1, 0.15) is 27.9 Å². The number of ether oxygens (including phenoxy) is 2. The summed E-state index contributed by atoms with van der Waals surface area (Å²) >= 11 is 5.23. The lowest BCUT2D eigenvalue weighted by atomic mass is 9.59. The van der Waals surface area contributed by atoms with E-state index in [-0.39, 0.29) is 40.8 Å². The third-order valence-electron chi connectivity index (χ3n) is 6.26. The molecule has 0 aromatic rings. The molecule has 0 saturated carbocycles. The van der Waals surface area contributed by atoms with E-state index in [1.54, 1.807) is 0 Å². The molecule has 0 aliphatic carbocycles. The molecule has 2 saturated heterocycles. The lowest BCUT2D eigenvalue weighted by molar-refractivity contribution is -0.0387. The van der Waals surface area contributed by atoms with Crippen LogP contribution in [0.15, 0.2) is 0 Å². The highest BCUT2D eigenvalue weighted by Crippen LogP contribution is 2.53. The minimum atomic E-state index is -3.71. The minimum absolute atomic E-state index is 0.0393. The minimum Gasteiger partial charge on any atom is -0.388 e. The average molecular weight is 472 g/mol. The molecule has 4 radical (unpaired) electrons. The van der Waals surface area contributed by atoms with Crippen molar-refractivity contribution in [3.8, 4) is 0 Å². The van der Waals surface area contributed by atoms with Gasteiger partial charge in [-0.3, -0.25) is 0 Å². The van der Waals surface area contributed by atoms with Crippen molar-refractivity contribution >= 4 is 34.2 Å². The number of aliphatic hydroxyl groups is 1. The van der Waals surface area contributed by atoms with Gasteiger partial charge in [-0.05, 0) is 39.9 Å². The third kappa shape index (κ3) is 6.57. The number of hydrogen-bond acceptors (Lipinski definition) is 6. The zero-order chi connectivity index (χ0) is 24.2. The van der Waals surface area contributed by atoms with Crippen LogP contribution in [0.2, 0.25) is 0 Å². The molecule has 0 amide bonds. The van der Waals surface area contributed by atoms with E-state index in [1.807, 2.05) is 20.8 Å². The molecule has 176 valence electrons. The van der Waals surface area contributed by atoms with Gasteiger partial charge < -0.3 is 28.5 Å². The summed E-state index contributed by atoms with van der Waals surface area (Å²) in [4.78, 5) is 10.7. The van der Waals surface area contributed by atoms with Gasteiger partial charge in [0.2, 0.25) is 0 Å². The Kier molecular flexibility index (Phi) is 8.33. The van der Waals surface area contributed by atoms with Crippen LogP contribution in [0, 0.1) is 28.1 Å². The average Bonchev–Trinajstić information content (AvgIpc) is 3.03. The standard InChI is InChI=1S/C21H39B2O6PS/c1-19(2,3)12-11(27-17(22)13(12)20(4,5)6)10-26-30(25,31)29-15-14(24)16(21(7,8)9)28-18(15)23/h11-18,24H,10H2,1-9H3,(H,25,31)/t11-,12?,13+,14?,15+,16+,17-,18-,30?/m1/s1. The lowest BCUT2D eigenvalue weighted by Crippen LogP contribution is -2.41. The Morgan fingerprint density at radius 2 is 1.39 bits per heavy atom. The summed E-state index contributed by atoms with van der Waals surface area (Å²) in [5, 5.41) is 10.6. The number of hydrogen-bond donors (Lipinski definition) is 2. The van der Waals surface area contributed by atoms with Crippen LogP contribution >= 0.6 is 6.72 Å². The molecule has 0 aromatic heterocycles. The second kappa shape index (κ2) is 9.30. The molecule has 0 spiro atoms. The first kappa shape index (κ1) is 27.8. The van der Waals surface area contributed by atoms with Crippen LogP contribution in [-0.2, 0) is 30.3 Å². The molecular formula is C21H39B2O6PS. The van der Waals surface area contributed by atoms with Gasteiger partial charge in [-0.2, -0.15) is 0 Å². The Morgan fingerprint density at radius 3 is 1.81 bits per heavy atom. The molecule has 2 N–H and O–H groups in total. The van der Waals surface area contributed by atoms with Crippen molar-refractivity contribution in [3.05, 3.63) is 0 Å². The summed E-state index contributed by atoms with van der Waals surface area (Å²) in [5.74, 6) is 0.190. The largest absolute Gasteiger partial charge is 0.388 e. The van der Waals surface area contributed by atoms with Crippen LogP contribution in [0.3, 0.4) is 0 Å². The molecule has 2 aliphatic heterocycles. The van der Waals surface area contributed by atoms with Crippen molar-refractivity contribution in [2.24, 2.45) is 28.1 Å². The van der Waals surface area contributed by atoms with E-state index in [4.69, 9.17) is 46.0 Å². The van der Waals surface area contributed by atoms with Crippen LogP contribution in [0.1, 0.15) is 62.3 Å². The number of rotatable bonds is 5. The van der Waals surface area contributed by atoms with Crippen LogP contribution in [0.25, 0.3) is 0 Å². The lowest BCUT2D eigenvalue weighted by Gasteiger charge is -2.41. The van der Waals surface area contributed by atoms with E-state index in [9.17, 15) is 10.00 Å². The van der Waals surface area contributed by atoms with Gasteiger partial charge in [0.15, 0.2) is 0 Å². The third-order valence-corrected chi connectivity index (χ3v) is 7.82. The fraction of sp³-hybridized carbons (Fsp3) is 1.00. The van der Waals surface area contributed by atoms with Crippen molar-refractivity contribution in [1.29, 1.82) is 0 Å². The SMILES string of the molecule is [B][C@@H]1O[C@H](C(C)(C)C)C(O)[C@@H]1OP(O)(=S)OC[C@H]1O[C@@H]([B])[C@@H](C(C)(C)C)C1C(C)(C)C. The Morgan fingerprint density at radius 1 is 0.871 bits per heavy atom. The van der Waals surface area contributed by atoms with E-state index in [0.29, 0.717) is 0 Å². The topological polar surface area (TPSA) is 77.4 Å². The second-order valence-corrected chi connectivity index (χ2v) is 14.9. The van der Waals surface area contributed by atoms with Crippen LogP contribution in [-0.4, -0.2) is 68.7 Å². The van der Waals surface area contributed by atoms with Gasteiger partial charge in [0.05, 0.1) is 18.8 Å². The Balaban J connectivity index is 2.10. The zero-order valence-electron chi connectivity index (χ0n) is 20.4. The molecule has 0 bridgehead atoms. The van der Waals surface area contributed by atoms with Crippen molar-refractivity contribution in [2.45, 2.75) is 98.7 Å². The second-order valence-electron chi connectivity index (χ2n) is 12.1. The monoisotopic (exact) mass is 472 g/mol. The Labute approximate surface area is 196 Å². The van der Waals surface area contributed by atoms with Crippen molar-refractivity contribution in [1.82, 2.24) is 0 Å². The molecule has 2 heterocycles. The maximum absolute atomic E-state index is 10.7. The van der Waals surface area contributed by atoms with Crippen LogP contribution in [0.5, 0.6) is 0 Å². The molecule has 2 fully saturated rings. The maximum atomic E-state index is 10.7. The van der Waals surface area contributed by atoms with Gasteiger partial charge in [-0.1, -0.05) is 62.3 Å². The highest BCUT2D eigenvalue weighted by atomic mass is 32.5. The first-order chi connectivity index (χ1) is 13.8. The first-order valence-corrected chi connectivity index (χ1v) is 13.5. The molecule has 6 nitrogen and oxygen atoms in total. The molecule has 2 rings (SSSR count). The predicted molar refractivity (Wildman–Crippen MR) is 128 cm³/mol. The van der Waals surface area contributed by atoms with Crippen molar-refractivity contribution < 1.29 is 28.5 Å². The van der Waals surface area contributed by atoms with E-state index >= 15 is 0 Å². The summed E-state index contributed by atoms with van der Waals surface area (Å²) in [6.07, 6.45) is -2.90.